The second-order valence-corrected chi connectivity index (χ2v) is 11.6. The van der Waals surface area contributed by atoms with E-state index in [1.54, 1.807) is 48.5 Å². The monoisotopic (exact) mass is 558 g/mol. The third-order valence-electron chi connectivity index (χ3n) is 6.39. The minimum absolute atomic E-state index is 0.0198. The summed E-state index contributed by atoms with van der Waals surface area (Å²) in [5, 5.41) is 20.2. The maximum absolute atomic E-state index is 13.5. The van der Waals surface area contributed by atoms with Crippen molar-refractivity contribution in [2.75, 3.05) is 33.9 Å². The van der Waals surface area contributed by atoms with E-state index >= 15 is 0 Å². The fourth-order valence-corrected chi connectivity index (χ4v) is 3.91. The van der Waals surface area contributed by atoms with Crippen LogP contribution in [0, 0.1) is 17.3 Å². The smallest absolute Gasteiger partial charge is 0.311 e. The summed E-state index contributed by atoms with van der Waals surface area (Å²) in [6, 6.07) is 0. The largest absolute Gasteiger partial charge is 0.463 e. The molecule has 0 spiro atoms. The summed E-state index contributed by atoms with van der Waals surface area (Å²) >= 11 is 0. The predicted octanol–water partition coefficient (Wildman–Crippen LogP) is 0.657. The quantitative estimate of drug-likeness (QED) is 0.128. The van der Waals surface area contributed by atoms with Crippen molar-refractivity contribution in [3.63, 3.8) is 0 Å². The van der Waals surface area contributed by atoms with Crippen molar-refractivity contribution in [1.82, 2.24) is 21.3 Å². The van der Waals surface area contributed by atoms with E-state index in [1.165, 1.54) is 21.1 Å². The van der Waals surface area contributed by atoms with Gasteiger partial charge in [-0.05, 0) is 67.7 Å². The number of methoxy groups -OCH3 is 1. The topological polar surface area (TPSA) is 172 Å². The minimum Gasteiger partial charge on any atom is -0.463 e. The number of esters is 1. The zero-order valence-electron chi connectivity index (χ0n) is 25.3. The first-order valence-corrected chi connectivity index (χ1v) is 13.3. The first-order valence-electron chi connectivity index (χ1n) is 13.3. The predicted molar refractivity (Wildman–Crippen MR) is 146 cm³/mol. The highest BCUT2D eigenvalue weighted by Crippen LogP contribution is 2.32. The van der Waals surface area contributed by atoms with Gasteiger partial charge in [0.25, 0.3) is 0 Å². The molecule has 226 valence electrons. The van der Waals surface area contributed by atoms with Gasteiger partial charge in [0.05, 0.1) is 18.1 Å². The lowest BCUT2D eigenvalue weighted by atomic mass is 9.77. The Morgan fingerprint density at radius 1 is 0.872 bits per heavy atom. The molecular weight excluding hydrogens is 508 g/mol. The number of carbonyl (C=O) groups excluding carboxylic acids is 5. The Balaban J connectivity index is 5.92. The zero-order chi connectivity index (χ0) is 30.6. The van der Waals surface area contributed by atoms with E-state index in [0.717, 1.165) is 0 Å². The lowest BCUT2D eigenvalue weighted by Crippen LogP contribution is -2.57. The van der Waals surface area contributed by atoms with Gasteiger partial charge in [0.15, 0.2) is 0 Å². The van der Waals surface area contributed by atoms with Crippen LogP contribution in [0.15, 0.2) is 0 Å². The molecule has 0 saturated carbocycles. The highest BCUT2D eigenvalue weighted by molar-refractivity contribution is 5.93. The van der Waals surface area contributed by atoms with Gasteiger partial charge in [-0.2, -0.15) is 0 Å². The fraction of sp³-hybridized carbons (Fsp3) is 0.815. The molecule has 4 amide bonds. The summed E-state index contributed by atoms with van der Waals surface area (Å²) in [5.41, 5.74) is -3.60. The number of rotatable bonds is 17. The number of hydrogen-bond acceptors (Lipinski definition) is 8. The van der Waals surface area contributed by atoms with Crippen molar-refractivity contribution in [1.29, 1.82) is 0 Å². The van der Waals surface area contributed by atoms with Gasteiger partial charge < -0.3 is 35.8 Å². The summed E-state index contributed by atoms with van der Waals surface area (Å²) in [6.07, 6.45) is -0.401. The molecule has 0 fully saturated rings. The number of aliphatic hydroxyl groups excluding tert-OH is 1. The molecule has 0 rings (SSSR count). The van der Waals surface area contributed by atoms with Crippen molar-refractivity contribution < 1.29 is 38.6 Å². The molecule has 0 heterocycles. The van der Waals surface area contributed by atoms with E-state index < -0.39 is 58.1 Å². The standard InChI is InChI=1S/C27H50N4O8/c1-11-18(20(33)30-27(7,8)23(36)29-12-13-38-10)14-19(21(34)31-26(5,6)22(35)28-9)15-25(3,4)24(37)39-16-17(2)32/h17-19,32H,11-16H2,1-10H3,(H,28,35)(H,29,36)(H,30,33)(H,31,34). The Labute approximate surface area is 232 Å². The van der Waals surface area contributed by atoms with Gasteiger partial charge in [0.1, 0.15) is 17.7 Å². The Hall–Kier alpha value is -2.73. The van der Waals surface area contributed by atoms with E-state index in [1.807, 2.05) is 0 Å². The number of aliphatic hydroxyl groups is 1. The van der Waals surface area contributed by atoms with Crippen LogP contribution in [0.5, 0.6) is 0 Å². The lowest BCUT2D eigenvalue weighted by Gasteiger charge is -2.33. The number of nitrogens with one attached hydrogen (secondary N) is 4. The third kappa shape index (κ3) is 12.3. The molecule has 0 bridgehead atoms. The second-order valence-electron chi connectivity index (χ2n) is 11.6. The molecule has 0 aromatic heterocycles. The molecule has 3 atom stereocenters. The first kappa shape index (κ1) is 36.3. The van der Waals surface area contributed by atoms with Gasteiger partial charge in [0.2, 0.25) is 23.6 Å². The number of ether oxygens (including phenoxy) is 2. The van der Waals surface area contributed by atoms with Gasteiger partial charge in [-0.15, -0.1) is 0 Å². The first-order chi connectivity index (χ1) is 17.8. The van der Waals surface area contributed by atoms with Gasteiger partial charge in [-0.1, -0.05) is 6.92 Å². The van der Waals surface area contributed by atoms with Crippen molar-refractivity contribution in [3.8, 4) is 0 Å². The van der Waals surface area contributed by atoms with Crippen LogP contribution in [-0.4, -0.2) is 85.8 Å². The van der Waals surface area contributed by atoms with Crippen LogP contribution < -0.4 is 21.3 Å². The van der Waals surface area contributed by atoms with Crippen LogP contribution in [0.3, 0.4) is 0 Å². The van der Waals surface area contributed by atoms with E-state index in [0.29, 0.717) is 13.0 Å². The Morgan fingerprint density at radius 2 is 1.38 bits per heavy atom. The molecule has 0 aliphatic heterocycles. The summed E-state index contributed by atoms with van der Waals surface area (Å²) in [6.45, 7) is 13.2. The normalized spacial score (nSPS) is 14.4. The van der Waals surface area contributed by atoms with Crippen molar-refractivity contribution in [2.24, 2.45) is 17.3 Å². The van der Waals surface area contributed by atoms with Gasteiger partial charge in [-0.25, -0.2) is 0 Å². The molecule has 0 aromatic carbocycles. The molecule has 3 unspecified atom stereocenters. The maximum Gasteiger partial charge on any atom is 0.311 e. The van der Waals surface area contributed by atoms with E-state index in [2.05, 4.69) is 21.3 Å². The number of carbonyl (C=O) groups is 5. The van der Waals surface area contributed by atoms with Gasteiger partial charge in [0, 0.05) is 32.5 Å². The fourth-order valence-electron chi connectivity index (χ4n) is 3.91. The number of amides is 4. The van der Waals surface area contributed by atoms with E-state index in [4.69, 9.17) is 9.47 Å². The molecule has 0 saturated heterocycles. The third-order valence-corrected chi connectivity index (χ3v) is 6.39. The number of hydrogen-bond donors (Lipinski definition) is 5. The van der Waals surface area contributed by atoms with Crippen LogP contribution in [0.25, 0.3) is 0 Å². The molecule has 39 heavy (non-hydrogen) atoms. The molecule has 5 N–H and O–H groups in total. The minimum atomic E-state index is -1.24. The van der Waals surface area contributed by atoms with Gasteiger partial charge in [-0.3, -0.25) is 24.0 Å². The number of likely N-dealkylation sites (N-methyl/N-ethyl adjacent to an activating group) is 1. The highest BCUT2D eigenvalue weighted by Gasteiger charge is 2.40. The lowest BCUT2D eigenvalue weighted by molar-refractivity contribution is -0.158. The van der Waals surface area contributed by atoms with Crippen LogP contribution in [-0.2, 0) is 33.4 Å². The Bertz CT molecular complexity index is 855. The van der Waals surface area contributed by atoms with Crippen LogP contribution in [0.2, 0.25) is 0 Å². The van der Waals surface area contributed by atoms with E-state index in [9.17, 15) is 29.1 Å². The molecule has 12 heteroatoms. The van der Waals surface area contributed by atoms with Gasteiger partial charge >= 0.3 is 5.97 Å². The second kappa shape index (κ2) is 15.8. The van der Waals surface area contributed by atoms with Crippen molar-refractivity contribution in [2.45, 2.75) is 91.8 Å². The average molecular weight is 559 g/mol. The molecule has 12 nitrogen and oxygen atoms in total. The molecule has 0 aliphatic carbocycles. The van der Waals surface area contributed by atoms with E-state index in [-0.39, 0.29) is 31.9 Å². The Morgan fingerprint density at radius 3 is 1.85 bits per heavy atom. The zero-order valence-corrected chi connectivity index (χ0v) is 25.3. The van der Waals surface area contributed by atoms with Crippen molar-refractivity contribution in [3.05, 3.63) is 0 Å². The average Bonchev–Trinajstić information content (AvgIpc) is 2.83. The maximum atomic E-state index is 13.5. The SMILES string of the molecule is CCC(CC(CC(C)(C)C(=O)OCC(C)O)C(=O)NC(C)(C)C(=O)NC)C(=O)NC(C)(C)C(=O)NCCOC. The highest BCUT2D eigenvalue weighted by atomic mass is 16.5. The van der Waals surface area contributed by atoms with Crippen LogP contribution >= 0.6 is 0 Å². The molecule has 0 aliphatic rings. The Kier molecular flexibility index (Phi) is 14.7. The summed E-state index contributed by atoms with van der Waals surface area (Å²) in [4.78, 5) is 64.4. The molecular formula is C27H50N4O8. The summed E-state index contributed by atoms with van der Waals surface area (Å²) < 4.78 is 10.1. The van der Waals surface area contributed by atoms with Crippen LogP contribution in [0.1, 0.15) is 74.7 Å². The molecule has 0 aromatic rings. The summed E-state index contributed by atoms with van der Waals surface area (Å²) in [7, 11) is 2.97. The summed E-state index contributed by atoms with van der Waals surface area (Å²) in [5.74, 6) is -3.82. The van der Waals surface area contributed by atoms with Crippen molar-refractivity contribution >= 4 is 29.6 Å². The van der Waals surface area contributed by atoms with Crippen LogP contribution in [0.4, 0.5) is 0 Å². The molecule has 0 radical (unpaired) electrons.